The summed E-state index contributed by atoms with van der Waals surface area (Å²) in [6.07, 6.45) is 1.75. The van der Waals surface area contributed by atoms with Crippen molar-refractivity contribution >= 4 is 12.4 Å². The van der Waals surface area contributed by atoms with Gasteiger partial charge in [0.15, 0.2) is 0 Å². The van der Waals surface area contributed by atoms with Gasteiger partial charge in [-0.3, -0.25) is 4.68 Å². The topological polar surface area (TPSA) is 43.8 Å². The van der Waals surface area contributed by atoms with E-state index < -0.39 is 0 Å². The van der Waals surface area contributed by atoms with E-state index in [1.54, 1.807) is 23.0 Å². The van der Waals surface area contributed by atoms with E-state index in [2.05, 4.69) is 5.10 Å². The Bertz CT molecular complexity index is 465. The molecule has 5 heteroatoms. The molecule has 0 unspecified atom stereocenters. The van der Waals surface area contributed by atoms with Gasteiger partial charge in [0.05, 0.1) is 11.9 Å². The Balaban J connectivity index is 0.00000128. The van der Waals surface area contributed by atoms with Crippen molar-refractivity contribution in [1.82, 2.24) is 9.78 Å². The first-order valence-corrected chi connectivity index (χ1v) is 4.69. The third-order valence-electron chi connectivity index (χ3n) is 2.41. The fourth-order valence-corrected chi connectivity index (χ4v) is 1.58. The quantitative estimate of drug-likeness (QED) is 0.875. The molecule has 1 aromatic carbocycles. The van der Waals surface area contributed by atoms with Crippen LogP contribution in [0.1, 0.15) is 5.69 Å². The van der Waals surface area contributed by atoms with Gasteiger partial charge in [-0.25, -0.2) is 4.39 Å². The summed E-state index contributed by atoms with van der Waals surface area (Å²) >= 11 is 0. The van der Waals surface area contributed by atoms with E-state index in [4.69, 9.17) is 5.73 Å². The largest absolute Gasteiger partial charge is 0.325 e. The molecule has 1 aromatic heterocycles. The normalized spacial score (nSPS) is 9.94. The van der Waals surface area contributed by atoms with Gasteiger partial charge in [0.25, 0.3) is 0 Å². The number of hydrogen-bond acceptors (Lipinski definition) is 2. The van der Waals surface area contributed by atoms with Crippen molar-refractivity contribution in [3.63, 3.8) is 0 Å². The molecule has 0 amide bonds. The van der Waals surface area contributed by atoms with Gasteiger partial charge in [-0.15, -0.1) is 12.4 Å². The molecule has 0 spiro atoms. The minimum Gasteiger partial charge on any atom is -0.325 e. The molecule has 16 heavy (non-hydrogen) atoms. The number of rotatable bonds is 2. The minimum absolute atomic E-state index is 0. The van der Waals surface area contributed by atoms with E-state index >= 15 is 0 Å². The SMILES string of the molecule is Cl.Cn1ncc(-c2ccc(F)cc2)c1CN. The van der Waals surface area contributed by atoms with Gasteiger partial charge in [-0.2, -0.15) is 5.10 Å². The van der Waals surface area contributed by atoms with Crippen molar-refractivity contribution in [2.45, 2.75) is 6.54 Å². The van der Waals surface area contributed by atoms with Crippen LogP contribution in [-0.2, 0) is 13.6 Å². The Morgan fingerprint density at radius 3 is 2.50 bits per heavy atom. The highest BCUT2D eigenvalue weighted by Crippen LogP contribution is 2.22. The zero-order valence-electron chi connectivity index (χ0n) is 8.85. The molecule has 3 nitrogen and oxygen atoms in total. The maximum atomic E-state index is 12.7. The number of nitrogens with two attached hydrogens (primary N) is 1. The van der Waals surface area contributed by atoms with Crippen LogP contribution in [0.25, 0.3) is 11.1 Å². The molecule has 1 heterocycles. The van der Waals surface area contributed by atoms with E-state index in [1.165, 1.54) is 12.1 Å². The highest BCUT2D eigenvalue weighted by atomic mass is 35.5. The smallest absolute Gasteiger partial charge is 0.123 e. The third-order valence-corrected chi connectivity index (χ3v) is 2.41. The fraction of sp³-hybridized carbons (Fsp3) is 0.182. The molecule has 0 aliphatic heterocycles. The number of benzene rings is 1. The molecule has 2 aromatic rings. The van der Waals surface area contributed by atoms with Crippen molar-refractivity contribution in [2.75, 3.05) is 0 Å². The van der Waals surface area contributed by atoms with Gasteiger partial charge in [0.2, 0.25) is 0 Å². The third kappa shape index (κ3) is 2.23. The molecule has 2 rings (SSSR count). The Morgan fingerprint density at radius 2 is 1.94 bits per heavy atom. The monoisotopic (exact) mass is 241 g/mol. The second kappa shape index (κ2) is 5.09. The van der Waals surface area contributed by atoms with Gasteiger partial charge in [-0.05, 0) is 17.7 Å². The molecule has 2 N–H and O–H groups in total. The molecule has 0 aliphatic carbocycles. The standard InChI is InChI=1S/C11H12FN3.ClH/c1-15-11(6-13)10(7-14-15)8-2-4-9(12)5-3-8;/h2-5,7H,6,13H2,1H3;1H. The predicted octanol–water partition coefficient (Wildman–Crippen LogP) is 2.11. The summed E-state index contributed by atoms with van der Waals surface area (Å²) < 4.78 is 14.5. The maximum Gasteiger partial charge on any atom is 0.123 e. The molecule has 0 radical (unpaired) electrons. The van der Waals surface area contributed by atoms with E-state index in [0.29, 0.717) is 6.54 Å². The van der Waals surface area contributed by atoms with Crippen molar-refractivity contribution in [1.29, 1.82) is 0 Å². The zero-order valence-corrected chi connectivity index (χ0v) is 9.67. The van der Waals surface area contributed by atoms with Crippen LogP contribution >= 0.6 is 12.4 Å². The lowest BCUT2D eigenvalue weighted by Gasteiger charge is -2.03. The summed E-state index contributed by atoms with van der Waals surface area (Å²) in [6.45, 7) is 0.420. The Labute approximate surface area is 99.5 Å². The summed E-state index contributed by atoms with van der Waals surface area (Å²) in [6, 6.07) is 6.32. The highest BCUT2D eigenvalue weighted by molar-refractivity contribution is 5.85. The molecule has 0 saturated carbocycles. The van der Waals surface area contributed by atoms with Crippen molar-refractivity contribution in [3.05, 3.63) is 42.0 Å². The van der Waals surface area contributed by atoms with Gasteiger partial charge >= 0.3 is 0 Å². The van der Waals surface area contributed by atoms with Crippen LogP contribution in [0.3, 0.4) is 0 Å². The van der Waals surface area contributed by atoms with E-state index in [-0.39, 0.29) is 18.2 Å². The van der Waals surface area contributed by atoms with Crippen LogP contribution in [0, 0.1) is 5.82 Å². The molecule has 0 fully saturated rings. The van der Waals surface area contributed by atoms with Crippen LogP contribution in [0.5, 0.6) is 0 Å². The molecule has 0 bridgehead atoms. The van der Waals surface area contributed by atoms with E-state index in [0.717, 1.165) is 16.8 Å². The van der Waals surface area contributed by atoms with Crippen LogP contribution in [0.15, 0.2) is 30.5 Å². The fourth-order valence-electron chi connectivity index (χ4n) is 1.58. The molecule has 0 saturated heterocycles. The van der Waals surface area contributed by atoms with Crippen LogP contribution in [0.4, 0.5) is 4.39 Å². The van der Waals surface area contributed by atoms with Gasteiger partial charge in [0.1, 0.15) is 5.82 Å². The average molecular weight is 242 g/mol. The molecule has 86 valence electrons. The zero-order chi connectivity index (χ0) is 10.8. The molecule has 0 aliphatic rings. The average Bonchev–Trinajstić information content (AvgIpc) is 2.61. The van der Waals surface area contributed by atoms with Gasteiger partial charge < -0.3 is 5.73 Å². The lowest BCUT2D eigenvalue weighted by Crippen LogP contribution is -2.05. The van der Waals surface area contributed by atoms with Crippen molar-refractivity contribution in [3.8, 4) is 11.1 Å². The van der Waals surface area contributed by atoms with Gasteiger partial charge in [-0.1, -0.05) is 12.1 Å². The molecular weight excluding hydrogens is 229 g/mol. The summed E-state index contributed by atoms with van der Waals surface area (Å²) in [5.74, 6) is -0.239. The van der Waals surface area contributed by atoms with Crippen LogP contribution < -0.4 is 5.73 Å². The minimum atomic E-state index is -0.239. The number of halogens is 2. The number of aryl methyl sites for hydroxylation is 1. The lowest BCUT2D eigenvalue weighted by molar-refractivity contribution is 0.628. The number of hydrogen-bond donors (Lipinski definition) is 1. The van der Waals surface area contributed by atoms with E-state index in [9.17, 15) is 4.39 Å². The van der Waals surface area contributed by atoms with Crippen molar-refractivity contribution in [2.24, 2.45) is 12.8 Å². The highest BCUT2D eigenvalue weighted by Gasteiger charge is 2.08. The number of aromatic nitrogens is 2. The second-order valence-corrected chi connectivity index (χ2v) is 3.34. The van der Waals surface area contributed by atoms with Crippen molar-refractivity contribution < 1.29 is 4.39 Å². The first-order valence-electron chi connectivity index (χ1n) is 4.69. The second-order valence-electron chi connectivity index (χ2n) is 3.34. The first kappa shape index (κ1) is 12.7. The van der Waals surface area contributed by atoms with Crippen LogP contribution in [0.2, 0.25) is 0 Å². The lowest BCUT2D eigenvalue weighted by atomic mass is 10.1. The van der Waals surface area contributed by atoms with E-state index in [1.807, 2.05) is 7.05 Å². The first-order chi connectivity index (χ1) is 7.22. The summed E-state index contributed by atoms with van der Waals surface area (Å²) in [5.41, 5.74) is 8.47. The van der Waals surface area contributed by atoms with Gasteiger partial charge in [0, 0.05) is 19.2 Å². The Morgan fingerprint density at radius 1 is 1.31 bits per heavy atom. The predicted molar refractivity (Wildman–Crippen MR) is 63.7 cm³/mol. The Kier molecular flexibility index (Phi) is 4.04. The molecule has 0 atom stereocenters. The Hall–Kier alpha value is -1.39. The summed E-state index contributed by atoms with van der Waals surface area (Å²) in [4.78, 5) is 0. The van der Waals surface area contributed by atoms with Crippen LogP contribution in [-0.4, -0.2) is 9.78 Å². The maximum absolute atomic E-state index is 12.7. The number of nitrogens with zero attached hydrogens (tertiary/aromatic N) is 2. The summed E-state index contributed by atoms with van der Waals surface area (Å²) in [7, 11) is 1.84. The summed E-state index contributed by atoms with van der Waals surface area (Å²) in [5, 5.41) is 4.13. The molecular formula is C11H13ClFN3.